The fourth-order valence-electron chi connectivity index (χ4n) is 3.53. The largest absolute Gasteiger partial charge is 0.394 e. The third-order valence-corrected chi connectivity index (χ3v) is 5.00. The average molecular weight is 283 g/mol. The lowest BCUT2D eigenvalue weighted by molar-refractivity contribution is 0.0305. The molecule has 0 radical (unpaired) electrons. The van der Waals surface area contributed by atoms with Gasteiger partial charge in [0.25, 0.3) is 0 Å². The normalized spacial score (nSPS) is 25.6. The zero-order valence-corrected chi connectivity index (χ0v) is 13.8. The van der Waals surface area contributed by atoms with E-state index >= 15 is 0 Å². The monoisotopic (exact) mass is 283 g/mol. The molecule has 0 aromatic carbocycles. The summed E-state index contributed by atoms with van der Waals surface area (Å²) in [4.78, 5) is 5.11. The summed E-state index contributed by atoms with van der Waals surface area (Å²) in [6.07, 6.45) is 2.55. The van der Waals surface area contributed by atoms with Crippen LogP contribution in [0.3, 0.4) is 0 Å². The molecular formula is C16H33N3O. The summed E-state index contributed by atoms with van der Waals surface area (Å²) in [5.74, 6) is 0.674. The summed E-state index contributed by atoms with van der Waals surface area (Å²) >= 11 is 0. The highest BCUT2D eigenvalue weighted by atomic mass is 16.3. The lowest BCUT2D eigenvalue weighted by atomic mass is 9.92. The van der Waals surface area contributed by atoms with E-state index in [0.29, 0.717) is 5.92 Å². The Labute approximate surface area is 124 Å². The maximum Gasteiger partial charge on any atom is 0.0628 e. The molecule has 20 heavy (non-hydrogen) atoms. The molecule has 118 valence electrons. The Balaban J connectivity index is 1.90. The third-order valence-electron chi connectivity index (χ3n) is 5.00. The van der Waals surface area contributed by atoms with Crippen LogP contribution in [0.2, 0.25) is 0 Å². The van der Waals surface area contributed by atoms with E-state index in [4.69, 9.17) is 0 Å². The van der Waals surface area contributed by atoms with Crippen LogP contribution in [0, 0.1) is 5.92 Å². The van der Waals surface area contributed by atoms with E-state index in [-0.39, 0.29) is 17.7 Å². The van der Waals surface area contributed by atoms with Gasteiger partial charge < -0.3 is 10.4 Å². The minimum absolute atomic E-state index is 0.0569. The van der Waals surface area contributed by atoms with Crippen LogP contribution < -0.4 is 5.32 Å². The van der Waals surface area contributed by atoms with Crippen molar-refractivity contribution in [2.75, 3.05) is 45.9 Å². The topological polar surface area (TPSA) is 38.7 Å². The molecule has 2 rings (SSSR count). The third kappa shape index (κ3) is 3.73. The van der Waals surface area contributed by atoms with Crippen molar-refractivity contribution in [2.24, 2.45) is 5.92 Å². The molecule has 0 amide bonds. The number of piperazine rings is 1. The van der Waals surface area contributed by atoms with Crippen molar-refractivity contribution in [3.63, 3.8) is 0 Å². The van der Waals surface area contributed by atoms with Gasteiger partial charge in [-0.25, -0.2) is 0 Å². The van der Waals surface area contributed by atoms with Crippen molar-refractivity contribution in [1.82, 2.24) is 15.1 Å². The molecule has 2 aliphatic rings. The highest BCUT2D eigenvalue weighted by Gasteiger charge is 2.45. The van der Waals surface area contributed by atoms with Crippen LogP contribution in [-0.2, 0) is 0 Å². The number of nitrogens with zero attached hydrogens (tertiary/aromatic N) is 2. The van der Waals surface area contributed by atoms with E-state index in [9.17, 15) is 5.11 Å². The maximum absolute atomic E-state index is 9.93. The van der Waals surface area contributed by atoms with Crippen LogP contribution in [0.15, 0.2) is 0 Å². The Bertz CT molecular complexity index is 303. The number of hydrogen-bond donors (Lipinski definition) is 2. The van der Waals surface area contributed by atoms with E-state index in [1.807, 2.05) is 0 Å². The van der Waals surface area contributed by atoms with Crippen LogP contribution in [0.5, 0.6) is 0 Å². The smallest absolute Gasteiger partial charge is 0.0628 e. The molecule has 1 saturated heterocycles. The molecule has 1 atom stereocenters. The summed E-state index contributed by atoms with van der Waals surface area (Å²) in [6, 6.07) is 0. The first-order valence-corrected chi connectivity index (χ1v) is 8.24. The SMILES string of the molecule is CCNC(CO)(CN1CCN(C(C)(C)C)CC1)C1CC1. The molecule has 2 fully saturated rings. The number of aliphatic hydroxyl groups excluding tert-OH is 1. The van der Waals surface area contributed by atoms with E-state index < -0.39 is 0 Å². The summed E-state index contributed by atoms with van der Waals surface area (Å²) in [5.41, 5.74) is 0.219. The maximum atomic E-state index is 9.93. The Morgan fingerprint density at radius 2 is 1.70 bits per heavy atom. The number of rotatable bonds is 6. The average Bonchev–Trinajstić information content (AvgIpc) is 3.22. The number of hydrogen-bond acceptors (Lipinski definition) is 4. The van der Waals surface area contributed by atoms with Crippen molar-refractivity contribution in [3.05, 3.63) is 0 Å². The van der Waals surface area contributed by atoms with Crippen molar-refractivity contribution >= 4 is 0 Å². The van der Waals surface area contributed by atoms with Crippen molar-refractivity contribution in [2.45, 2.75) is 51.6 Å². The van der Waals surface area contributed by atoms with E-state index in [2.05, 4.69) is 42.8 Å². The molecule has 0 bridgehead atoms. The van der Waals surface area contributed by atoms with Crippen LogP contribution in [0.25, 0.3) is 0 Å². The Morgan fingerprint density at radius 3 is 2.10 bits per heavy atom. The van der Waals surface area contributed by atoms with Gasteiger partial charge >= 0.3 is 0 Å². The molecule has 1 aliphatic carbocycles. The molecule has 1 aliphatic heterocycles. The van der Waals surface area contributed by atoms with E-state index in [1.165, 1.54) is 12.8 Å². The molecule has 1 heterocycles. The van der Waals surface area contributed by atoms with Gasteiger partial charge in [-0.3, -0.25) is 9.80 Å². The lowest BCUT2D eigenvalue weighted by Gasteiger charge is -2.45. The molecule has 2 N–H and O–H groups in total. The molecule has 4 nitrogen and oxygen atoms in total. The molecule has 1 saturated carbocycles. The van der Waals surface area contributed by atoms with Gasteiger partial charge in [-0.05, 0) is 46.1 Å². The van der Waals surface area contributed by atoms with Crippen molar-refractivity contribution in [1.29, 1.82) is 0 Å². The molecule has 4 heteroatoms. The summed E-state index contributed by atoms with van der Waals surface area (Å²) in [5, 5.41) is 13.5. The predicted octanol–water partition coefficient (Wildman–Crippen LogP) is 1.15. The quantitative estimate of drug-likeness (QED) is 0.767. The van der Waals surface area contributed by atoms with E-state index in [0.717, 1.165) is 39.3 Å². The van der Waals surface area contributed by atoms with Crippen LogP contribution in [-0.4, -0.2) is 71.9 Å². The highest BCUT2D eigenvalue weighted by Crippen LogP contribution is 2.40. The van der Waals surface area contributed by atoms with Gasteiger partial charge in [0.15, 0.2) is 0 Å². The fraction of sp³-hybridized carbons (Fsp3) is 1.00. The second-order valence-corrected chi connectivity index (χ2v) is 7.55. The molecule has 1 unspecified atom stereocenters. The molecule has 0 spiro atoms. The van der Waals surface area contributed by atoms with Gasteiger partial charge in [0.2, 0.25) is 0 Å². The van der Waals surface area contributed by atoms with Gasteiger partial charge in [-0.15, -0.1) is 0 Å². The second-order valence-electron chi connectivity index (χ2n) is 7.55. The van der Waals surface area contributed by atoms with Gasteiger partial charge in [0.05, 0.1) is 12.1 Å². The summed E-state index contributed by atoms with van der Waals surface area (Å²) < 4.78 is 0. The lowest BCUT2D eigenvalue weighted by Crippen LogP contribution is -2.61. The van der Waals surface area contributed by atoms with Crippen LogP contribution >= 0.6 is 0 Å². The van der Waals surface area contributed by atoms with Crippen molar-refractivity contribution in [3.8, 4) is 0 Å². The Morgan fingerprint density at radius 1 is 1.10 bits per heavy atom. The first-order valence-electron chi connectivity index (χ1n) is 8.24. The second kappa shape index (κ2) is 6.30. The standard InChI is InChI=1S/C16H33N3O/c1-5-17-16(13-20,14-6-7-14)12-18-8-10-19(11-9-18)15(2,3)4/h14,17,20H,5-13H2,1-4H3. The van der Waals surface area contributed by atoms with Crippen molar-refractivity contribution < 1.29 is 5.11 Å². The zero-order valence-electron chi connectivity index (χ0n) is 13.8. The van der Waals surface area contributed by atoms with E-state index in [1.54, 1.807) is 0 Å². The van der Waals surface area contributed by atoms with Gasteiger partial charge in [0.1, 0.15) is 0 Å². The Hall–Kier alpha value is -0.160. The summed E-state index contributed by atoms with van der Waals surface area (Å²) in [7, 11) is 0. The number of aliphatic hydroxyl groups is 1. The first-order chi connectivity index (χ1) is 9.41. The van der Waals surface area contributed by atoms with Gasteiger partial charge in [-0.1, -0.05) is 6.92 Å². The predicted molar refractivity (Wildman–Crippen MR) is 84.0 cm³/mol. The zero-order chi connectivity index (χ0) is 14.8. The minimum atomic E-state index is -0.0569. The van der Waals surface area contributed by atoms with Crippen LogP contribution in [0.4, 0.5) is 0 Å². The molecular weight excluding hydrogens is 250 g/mol. The number of nitrogens with one attached hydrogen (secondary N) is 1. The minimum Gasteiger partial charge on any atom is -0.394 e. The fourth-order valence-corrected chi connectivity index (χ4v) is 3.53. The molecule has 0 aromatic heterocycles. The Kier molecular flexibility index (Phi) is 5.11. The first kappa shape index (κ1) is 16.2. The van der Waals surface area contributed by atoms with Crippen LogP contribution in [0.1, 0.15) is 40.5 Å². The highest BCUT2D eigenvalue weighted by molar-refractivity contribution is 5.03. The van der Waals surface area contributed by atoms with Gasteiger partial charge in [-0.2, -0.15) is 0 Å². The molecule has 0 aromatic rings. The summed E-state index contributed by atoms with van der Waals surface area (Å²) in [6.45, 7) is 15.8. The number of likely N-dealkylation sites (N-methyl/N-ethyl adjacent to an activating group) is 1. The van der Waals surface area contributed by atoms with Gasteiger partial charge in [0, 0.05) is 38.3 Å².